The predicted octanol–water partition coefficient (Wildman–Crippen LogP) is 3.47. The SMILES string of the molecule is CC(C)c1ccc(NC(=O)CN(C2CC2)S(=O)(=O)c2ccc(C#N)cc2)cc1. The van der Waals surface area contributed by atoms with Gasteiger partial charge in [0.25, 0.3) is 0 Å². The second-order valence-electron chi connectivity index (χ2n) is 7.24. The average molecular weight is 398 g/mol. The number of sulfonamides is 1. The van der Waals surface area contributed by atoms with Gasteiger partial charge >= 0.3 is 0 Å². The molecule has 1 fully saturated rings. The highest BCUT2D eigenvalue weighted by atomic mass is 32.2. The lowest BCUT2D eigenvalue weighted by Crippen LogP contribution is -2.39. The van der Waals surface area contributed by atoms with Crippen molar-refractivity contribution in [1.29, 1.82) is 5.26 Å². The van der Waals surface area contributed by atoms with Crippen LogP contribution in [0.1, 0.15) is 43.7 Å². The summed E-state index contributed by atoms with van der Waals surface area (Å²) in [4.78, 5) is 12.6. The van der Waals surface area contributed by atoms with Crippen LogP contribution in [-0.4, -0.2) is 31.2 Å². The highest BCUT2D eigenvalue weighted by Crippen LogP contribution is 2.32. The van der Waals surface area contributed by atoms with Crippen LogP contribution in [0.5, 0.6) is 0 Å². The number of amides is 1. The zero-order chi connectivity index (χ0) is 20.3. The quantitative estimate of drug-likeness (QED) is 0.774. The summed E-state index contributed by atoms with van der Waals surface area (Å²) in [5.41, 5.74) is 2.20. The number of carbonyl (C=O) groups excluding carboxylic acids is 1. The maximum Gasteiger partial charge on any atom is 0.243 e. The van der Waals surface area contributed by atoms with E-state index in [0.717, 1.165) is 12.8 Å². The molecule has 0 aromatic heterocycles. The maximum atomic E-state index is 13.0. The number of anilines is 1. The van der Waals surface area contributed by atoms with Gasteiger partial charge in [0.1, 0.15) is 0 Å². The van der Waals surface area contributed by atoms with E-state index in [0.29, 0.717) is 17.2 Å². The molecule has 0 spiro atoms. The Morgan fingerprint density at radius 1 is 1.14 bits per heavy atom. The minimum absolute atomic E-state index is 0.0903. The van der Waals surface area contributed by atoms with Crippen molar-refractivity contribution >= 4 is 21.6 Å². The molecule has 0 unspecified atom stereocenters. The first-order valence-corrected chi connectivity index (χ1v) is 10.7. The molecule has 1 amide bonds. The Balaban J connectivity index is 1.73. The minimum Gasteiger partial charge on any atom is -0.325 e. The predicted molar refractivity (Wildman–Crippen MR) is 107 cm³/mol. The zero-order valence-electron chi connectivity index (χ0n) is 15.9. The molecule has 1 N–H and O–H groups in total. The molecule has 1 saturated carbocycles. The van der Waals surface area contributed by atoms with E-state index in [1.54, 1.807) is 0 Å². The van der Waals surface area contributed by atoms with E-state index < -0.39 is 10.0 Å². The molecule has 146 valence electrons. The summed E-state index contributed by atoms with van der Waals surface area (Å²) >= 11 is 0. The van der Waals surface area contributed by atoms with E-state index in [4.69, 9.17) is 5.26 Å². The highest BCUT2D eigenvalue weighted by molar-refractivity contribution is 7.89. The summed E-state index contributed by atoms with van der Waals surface area (Å²) in [5.74, 6) is 0.0223. The van der Waals surface area contributed by atoms with E-state index in [2.05, 4.69) is 19.2 Å². The van der Waals surface area contributed by atoms with Crippen LogP contribution in [0.3, 0.4) is 0 Å². The number of hydrogen-bond donors (Lipinski definition) is 1. The topological polar surface area (TPSA) is 90.3 Å². The standard InChI is InChI=1S/C21H23N3O3S/c1-15(2)17-5-7-18(8-6-17)23-21(25)14-24(19-9-10-19)28(26,27)20-11-3-16(13-22)4-12-20/h3-8,11-12,15,19H,9-10,14H2,1-2H3,(H,23,25). The Labute approximate surface area is 165 Å². The van der Waals surface area contributed by atoms with E-state index in [1.165, 1.54) is 34.1 Å². The van der Waals surface area contributed by atoms with Gasteiger partial charge in [-0.2, -0.15) is 9.57 Å². The normalized spacial score (nSPS) is 14.1. The zero-order valence-corrected chi connectivity index (χ0v) is 16.7. The Morgan fingerprint density at radius 3 is 2.25 bits per heavy atom. The Kier molecular flexibility index (Phi) is 5.82. The fourth-order valence-electron chi connectivity index (χ4n) is 2.90. The van der Waals surface area contributed by atoms with Gasteiger partial charge in [0, 0.05) is 11.7 Å². The third kappa shape index (κ3) is 4.58. The van der Waals surface area contributed by atoms with Gasteiger partial charge in [0.15, 0.2) is 0 Å². The molecule has 2 aromatic rings. The molecule has 0 bridgehead atoms. The maximum absolute atomic E-state index is 13.0. The molecule has 0 heterocycles. The lowest BCUT2D eigenvalue weighted by Gasteiger charge is -2.21. The molecule has 0 radical (unpaired) electrons. The van der Waals surface area contributed by atoms with Crippen LogP contribution in [0.25, 0.3) is 0 Å². The molecule has 1 aliphatic rings. The molecular weight excluding hydrogens is 374 g/mol. The van der Waals surface area contributed by atoms with Crippen LogP contribution in [0.15, 0.2) is 53.4 Å². The van der Waals surface area contributed by atoms with Gasteiger partial charge in [-0.3, -0.25) is 4.79 Å². The van der Waals surface area contributed by atoms with Crippen molar-refractivity contribution in [1.82, 2.24) is 4.31 Å². The van der Waals surface area contributed by atoms with Crippen molar-refractivity contribution in [3.63, 3.8) is 0 Å². The lowest BCUT2D eigenvalue weighted by molar-refractivity contribution is -0.116. The fourth-order valence-corrected chi connectivity index (χ4v) is 4.54. The first-order valence-electron chi connectivity index (χ1n) is 9.23. The summed E-state index contributed by atoms with van der Waals surface area (Å²) in [6.07, 6.45) is 1.48. The molecule has 6 nitrogen and oxygen atoms in total. The number of rotatable bonds is 7. The number of hydrogen-bond acceptors (Lipinski definition) is 4. The van der Waals surface area contributed by atoms with Crippen molar-refractivity contribution < 1.29 is 13.2 Å². The highest BCUT2D eigenvalue weighted by Gasteiger charge is 2.39. The van der Waals surface area contributed by atoms with E-state index in [-0.39, 0.29) is 23.4 Å². The summed E-state index contributed by atoms with van der Waals surface area (Å²) in [5, 5.41) is 11.7. The first kappa shape index (κ1) is 20.1. The Bertz CT molecular complexity index is 987. The van der Waals surface area contributed by atoms with Crippen LogP contribution in [0.4, 0.5) is 5.69 Å². The number of carbonyl (C=O) groups is 1. The minimum atomic E-state index is -3.81. The molecule has 0 aliphatic heterocycles. The van der Waals surface area contributed by atoms with Crippen LogP contribution < -0.4 is 5.32 Å². The number of nitriles is 1. The largest absolute Gasteiger partial charge is 0.325 e. The molecule has 0 atom stereocenters. The lowest BCUT2D eigenvalue weighted by atomic mass is 10.0. The van der Waals surface area contributed by atoms with Gasteiger partial charge in [-0.15, -0.1) is 0 Å². The summed E-state index contributed by atoms with van der Waals surface area (Å²) in [7, 11) is -3.81. The number of nitrogens with zero attached hydrogens (tertiary/aromatic N) is 2. The summed E-state index contributed by atoms with van der Waals surface area (Å²) in [6.45, 7) is 3.95. The van der Waals surface area contributed by atoms with Gasteiger partial charge in [-0.25, -0.2) is 8.42 Å². The smallest absolute Gasteiger partial charge is 0.243 e. The van der Waals surface area contributed by atoms with Crippen molar-refractivity contribution in [2.75, 3.05) is 11.9 Å². The van der Waals surface area contributed by atoms with Crippen molar-refractivity contribution in [3.8, 4) is 6.07 Å². The van der Waals surface area contributed by atoms with Crippen molar-refractivity contribution in [3.05, 3.63) is 59.7 Å². The number of benzene rings is 2. The molecule has 1 aliphatic carbocycles. The van der Waals surface area contributed by atoms with E-state index >= 15 is 0 Å². The second-order valence-corrected chi connectivity index (χ2v) is 9.13. The van der Waals surface area contributed by atoms with Gasteiger partial charge in [-0.1, -0.05) is 26.0 Å². The van der Waals surface area contributed by atoms with Crippen LogP contribution in [-0.2, 0) is 14.8 Å². The Hall–Kier alpha value is -2.69. The molecular formula is C21H23N3O3S. The third-order valence-corrected chi connectivity index (χ3v) is 6.62. The monoisotopic (exact) mass is 397 g/mol. The molecule has 7 heteroatoms. The van der Waals surface area contributed by atoms with Gasteiger partial charge in [0.05, 0.1) is 23.1 Å². The number of nitrogens with one attached hydrogen (secondary N) is 1. The van der Waals surface area contributed by atoms with Gasteiger partial charge in [0.2, 0.25) is 15.9 Å². The average Bonchev–Trinajstić information content (AvgIpc) is 3.51. The molecule has 28 heavy (non-hydrogen) atoms. The van der Waals surface area contributed by atoms with Crippen molar-refractivity contribution in [2.45, 2.75) is 43.5 Å². The third-order valence-electron chi connectivity index (χ3n) is 4.70. The van der Waals surface area contributed by atoms with Crippen LogP contribution in [0.2, 0.25) is 0 Å². The summed E-state index contributed by atoms with van der Waals surface area (Å²) in [6, 6.07) is 15.1. The van der Waals surface area contributed by atoms with Crippen LogP contribution in [0, 0.1) is 11.3 Å². The first-order chi connectivity index (χ1) is 13.3. The molecule has 0 saturated heterocycles. The van der Waals surface area contributed by atoms with Crippen molar-refractivity contribution in [2.24, 2.45) is 0 Å². The van der Waals surface area contributed by atoms with Crippen LogP contribution >= 0.6 is 0 Å². The molecule has 2 aromatic carbocycles. The van der Waals surface area contributed by atoms with E-state index in [1.807, 2.05) is 30.3 Å². The summed E-state index contributed by atoms with van der Waals surface area (Å²) < 4.78 is 27.2. The molecule has 3 rings (SSSR count). The van der Waals surface area contributed by atoms with E-state index in [9.17, 15) is 13.2 Å². The van der Waals surface area contributed by atoms with Gasteiger partial charge < -0.3 is 5.32 Å². The fraction of sp³-hybridized carbons (Fsp3) is 0.333. The van der Waals surface area contributed by atoms with Gasteiger partial charge in [-0.05, 0) is 60.7 Å². The Morgan fingerprint density at radius 2 is 1.75 bits per heavy atom. The second kappa shape index (κ2) is 8.13.